The van der Waals surface area contributed by atoms with Gasteiger partial charge in [0.1, 0.15) is 0 Å². The number of rotatable bonds is 5. The molecule has 20 heavy (non-hydrogen) atoms. The molecular weight excluding hydrogens is 250 g/mol. The third-order valence-electron chi connectivity index (χ3n) is 2.75. The average Bonchev–Trinajstić information content (AvgIpc) is 2.38. The van der Waals surface area contributed by atoms with Crippen molar-refractivity contribution in [3.8, 4) is 11.6 Å². The van der Waals surface area contributed by atoms with Crippen molar-refractivity contribution in [2.75, 3.05) is 6.54 Å². The van der Waals surface area contributed by atoms with Crippen LogP contribution in [-0.2, 0) is 6.54 Å². The van der Waals surface area contributed by atoms with Crippen LogP contribution in [0.2, 0.25) is 0 Å². The molecule has 0 radical (unpaired) electrons. The molecule has 2 aromatic rings. The molecule has 2 rings (SSSR count). The SMILES string of the molecule is Cc1cnc(-c2nc(C)cc(CNCC(C)C)n2)nc1. The summed E-state index contributed by atoms with van der Waals surface area (Å²) in [6, 6.07) is 1.99. The summed E-state index contributed by atoms with van der Waals surface area (Å²) in [4.78, 5) is 17.5. The molecule has 0 atom stereocenters. The summed E-state index contributed by atoms with van der Waals surface area (Å²) in [6.07, 6.45) is 3.56. The zero-order chi connectivity index (χ0) is 14.5. The van der Waals surface area contributed by atoms with E-state index in [-0.39, 0.29) is 0 Å². The van der Waals surface area contributed by atoms with Gasteiger partial charge in [-0.3, -0.25) is 0 Å². The van der Waals surface area contributed by atoms with Crippen molar-refractivity contribution in [2.24, 2.45) is 5.92 Å². The van der Waals surface area contributed by atoms with Crippen molar-refractivity contribution in [3.63, 3.8) is 0 Å². The van der Waals surface area contributed by atoms with Crippen LogP contribution in [0.15, 0.2) is 18.5 Å². The number of aryl methyl sites for hydroxylation is 2. The average molecular weight is 271 g/mol. The second-order valence-corrected chi connectivity index (χ2v) is 5.43. The maximum atomic E-state index is 4.53. The van der Waals surface area contributed by atoms with Crippen LogP contribution in [0.25, 0.3) is 11.6 Å². The largest absolute Gasteiger partial charge is 0.311 e. The lowest BCUT2D eigenvalue weighted by molar-refractivity contribution is 0.548. The molecule has 0 aliphatic rings. The minimum absolute atomic E-state index is 0.574. The number of nitrogens with zero attached hydrogens (tertiary/aromatic N) is 4. The summed E-state index contributed by atoms with van der Waals surface area (Å²) >= 11 is 0. The summed E-state index contributed by atoms with van der Waals surface area (Å²) in [5, 5.41) is 3.39. The first-order chi connectivity index (χ1) is 9.54. The highest BCUT2D eigenvalue weighted by atomic mass is 15.0. The van der Waals surface area contributed by atoms with Crippen molar-refractivity contribution < 1.29 is 0 Å². The molecule has 0 bridgehead atoms. The molecule has 0 fully saturated rings. The zero-order valence-electron chi connectivity index (χ0n) is 12.5. The monoisotopic (exact) mass is 271 g/mol. The second-order valence-electron chi connectivity index (χ2n) is 5.43. The maximum absolute atomic E-state index is 4.53. The van der Waals surface area contributed by atoms with Crippen LogP contribution < -0.4 is 5.32 Å². The van der Waals surface area contributed by atoms with E-state index in [4.69, 9.17) is 0 Å². The highest BCUT2D eigenvalue weighted by Gasteiger charge is 2.07. The normalized spacial score (nSPS) is 11.1. The fraction of sp³-hybridized carbons (Fsp3) is 0.467. The second kappa shape index (κ2) is 6.52. The zero-order valence-corrected chi connectivity index (χ0v) is 12.5. The van der Waals surface area contributed by atoms with E-state index in [0.717, 1.165) is 30.0 Å². The van der Waals surface area contributed by atoms with Gasteiger partial charge in [-0.05, 0) is 37.9 Å². The van der Waals surface area contributed by atoms with Crippen LogP contribution in [0.4, 0.5) is 0 Å². The third-order valence-corrected chi connectivity index (χ3v) is 2.75. The van der Waals surface area contributed by atoms with E-state index in [1.165, 1.54) is 0 Å². The Morgan fingerprint density at radius 2 is 1.75 bits per heavy atom. The molecule has 5 nitrogen and oxygen atoms in total. The fourth-order valence-electron chi connectivity index (χ4n) is 1.82. The molecule has 1 N–H and O–H groups in total. The number of hydrogen-bond donors (Lipinski definition) is 1. The first kappa shape index (κ1) is 14.5. The number of aromatic nitrogens is 4. The van der Waals surface area contributed by atoms with E-state index in [1.54, 1.807) is 12.4 Å². The Hall–Kier alpha value is -1.88. The van der Waals surface area contributed by atoms with Crippen LogP contribution >= 0.6 is 0 Å². The Morgan fingerprint density at radius 3 is 2.40 bits per heavy atom. The molecule has 0 aromatic carbocycles. The predicted octanol–water partition coefficient (Wildman–Crippen LogP) is 2.30. The molecule has 0 aliphatic carbocycles. The van der Waals surface area contributed by atoms with E-state index in [9.17, 15) is 0 Å². The quantitative estimate of drug-likeness (QED) is 0.904. The molecule has 0 amide bonds. The van der Waals surface area contributed by atoms with Crippen molar-refractivity contribution >= 4 is 0 Å². The minimum Gasteiger partial charge on any atom is -0.311 e. The van der Waals surface area contributed by atoms with Crippen LogP contribution in [-0.4, -0.2) is 26.5 Å². The molecule has 0 saturated heterocycles. The van der Waals surface area contributed by atoms with Gasteiger partial charge in [-0.2, -0.15) is 0 Å². The Kier molecular flexibility index (Phi) is 4.74. The molecule has 2 aromatic heterocycles. The van der Waals surface area contributed by atoms with Gasteiger partial charge >= 0.3 is 0 Å². The number of nitrogens with one attached hydrogen (secondary N) is 1. The fourth-order valence-corrected chi connectivity index (χ4v) is 1.82. The van der Waals surface area contributed by atoms with Crippen LogP contribution in [0.5, 0.6) is 0 Å². The van der Waals surface area contributed by atoms with E-state index in [0.29, 0.717) is 17.6 Å². The summed E-state index contributed by atoms with van der Waals surface area (Å²) in [6.45, 7) is 10.0. The Bertz CT molecular complexity index is 563. The smallest absolute Gasteiger partial charge is 0.198 e. The molecule has 0 saturated carbocycles. The van der Waals surface area contributed by atoms with Crippen LogP contribution in [0, 0.1) is 19.8 Å². The van der Waals surface area contributed by atoms with Gasteiger partial charge in [0.2, 0.25) is 0 Å². The molecule has 106 valence electrons. The van der Waals surface area contributed by atoms with Gasteiger partial charge < -0.3 is 5.32 Å². The Morgan fingerprint density at radius 1 is 1.05 bits per heavy atom. The predicted molar refractivity (Wildman–Crippen MR) is 79.1 cm³/mol. The van der Waals surface area contributed by atoms with Gasteiger partial charge in [0.05, 0.1) is 5.69 Å². The molecular formula is C15H21N5. The lowest BCUT2D eigenvalue weighted by Gasteiger charge is -2.08. The van der Waals surface area contributed by atoms with Gasteiger partial charge in [-0.25, -0.2) is 19.9 Å². The number of hydrogen-bond acceptors (Lipinski definition) is 5. The molecule has 0 aliphatic heterocycles. The van der Waals surface area contributed by atoms with Gasteiger partial charge in [0.15, 0.2) is 11.6 Å². The first-order valence-electron chi connectivity index (χ1n) is 6.89. The van der Waals surface area contributed by atoms with Gasteiger partial charge in [0.25, 0.3) is 0 Å². The topological polar surface area (TPSA) is 63.6 Å². The maximum Gasteiger partial charge on any atom is 0.198 e. The van der Waals surface area contributed by atoms with Gasteiger partial charge in [-0.1, -0.05) is 13.8 Å². The van der Waals surface area contributed by atoms with Gasteiger partial charge in [-0.15, -0.1) is 0 Å². The van der Waals surface area contributed by atoms with Crippen molar-refractivity contribution in [2.45, 2.75) is 34.2 Å². The van der Waals surface area contributed by atoms with Crippen molar-refractivity contribution in [1.82, 2.24) is 25.3 Å². The van der Waals surface area contributed by atoms with E-state index in [2.05, 4.69) is 39.1 Å². The molecule has 0 unspecified atom stereocenters. The third kappa shape index (κ3) is 4.06. The summed E-state index contributed by atoms with van der Waals surface area (Å²) in [7, 11) is 0. The summed E-state index contributed by atoms with van der Waals surface area (Å²) < 4.78 is 0. The Labute approximate surface area is 119 Å². The summed E-state index contributed by atoms with van der Waals surface area (Å²) in [5.74, 6) is 1.79. The highest BCUT2D eigenvalue weighted by molar-refractivity contribution is 5.43. The standard InChI is InChI=1S/C15H21N5/c1-10(2)6-16-9-13-5-12(4)19-15(20-13)14-17-7-11(3)8-18-14/h5,7-8,10,16H,6,9H2,1-4H3. The van der Waals surface area contributed by atoms with E-state index in [1.807, 2.05) is 19.9 Å². The van der Waals surface area contributed by atoms with Crippen molar-refractivity contribution in [3.05, 3.63) is 35.4 Å². The van der Waals surface area contributed by atoms with Crippen LogP contribution in [0.1, 0.15) is 30.8 Å². The van der Waals surface area contributed by atoms with Gasteiger partial charge in [0, 0.05) is 24.6 Å². The first-order valence-corrected chi connectivity index (χ1v) is 6.89. The minimum atomic E-state index is 0.574. The van der Waals surface area contributed by atoms with E-state index < -0.39 is 0 Å². The summed E-state index contributed by atoms with van der Waals surface area (Å²) in [5.41, 5.74) is 2.93. The van der Waals surface area contributed by atoms with Crippen molar-refractivity contribution in [1.29, 1.82) is 0 Å². The lowest BCUT2D eigenvalue weighted by atomic mass is 10.2. The molecule has 2 heterocycles. The van der Waals surface area contributed by atoms with E-state index >= 15 is 0 Å². The lowest BCUT2D eigenvalue weighted by Crippen LogP contribution is -2.20. The molecule has 0 spiro atoms. The molecule has 5 heteroatoms. The van der Waals surface area contributed by atoms with Crippen LogP contribution in [0.3, 0.4) is 0 Å². The highest BCUT2D eigenvalue weighted by Crippen LogP contribution is 2.11. The Balaban J connectivity index is 2.18.